The normalized spacial score (nSPS) is 15.0. The number of anilines is 1. The maximum atomic E-state index is 13.3. The summed E-state index contributed by atoms with van der Waals surface area (Å²) in [6.07, 6.45) is 2.47. The molecule has 0 spiro atoms. The first-order valence-electron chi connectivity index (χ1n) is 8.72. The Balaban J connectivity index is 1.50. The fraction of sp³-hybridized carbons (Fsp3) is 0.200. The number of benzene rings is 2. The molecule has 1 fully saturated rings. The Morgan fingerprint density at radius 1 is 1.07 bits per heavy atom. The van der Waals surface area contributed by atoms with Gasteiger partial charge in [-0.3, -0.25) is 9.79 Å². The molecule has 1 aliphatic heterocycles. The lowest BCUT2D eigenvalue weighted by Gasteiger charge is -2.34. The number of carbonyl (C=O) groups is 1. The zero-order chi connectivity index (χ0) is 18.8. The number of aromatic hydroxyl groups is 1. The Kier molecular flexibility index (Phi) is 4.50. The van der Waals surface area contributed by atoms with E-state index < -0.39 is 0 Å². The molecule has 138 valence electrons. The number of aromatic nitrogens is 1. The molecule has 1 aromatic heterocycles. The van der Waals surface area contributed by atoms with Crippen LogP contribution in [0.1, 0.15) is 5.56 Å². The standard InChI is InChI=1S/C20H19FN4O2/c21-14-1-6-17-18(20(27)23-19(17)11-14)12-22-15-2-4-16(5-3-15)25-9-7-24(13-26)8-10-25/h1-6,11-13,23,27H,7-10H2. The largest absolute Gasteiger partial charge is 0.494 e. The molecular formula is C20H19FN4O2. The van der Waals surface area contributed by atoms with Gasteiger partial charge in [-0.15, -0.1) is 0 Å². The van der Waals surface area contributed by atoms with Crippen LogP contribution in [0.2, 0.25) is 0 Å². The summed E-state index contributed by atoms with van der Waals surface area (Å²) in [5.74, 6) is -0.402. The molecule has 1 amide bonds. The van der Waals surface area contributed by atoms with Gasteiger partial charge in [0.2, 0.25) is 6.41 Å². The molecule has 0 aliphatic carbocycles. The van der Waals surface area contributed by atoms with Crippen molar-refractivity contribution in [3.05, 3.63) is 53.8 Å². The molecule has 1 aliphatic rings. The summed E-state index contributed by atoms with van der Waals surface area (Å²) in [7, 11) is 0. The second kappa shape index (κ2) is 7.11. The number of rotatable bonds is 4. The molecule has 3 aromatic rings. The maximum Gasteiger partial charge on any atom is 0.209 e. The minimum atomic E-state index is -0.364. The van der Waals surface area contributed by atoms with Crippen LogP contribution in [0.25, 0.3) is 10.9 Å². The number of fused-ring (bicyclic) bond motifs is 1. The number of halogens is 1. The van der Waals surface area contributed by atoms with Gasteiger partial charge in [0.1, 0.15) is 5.82 Å². The Bertz CT molecular complexity index is 989. The van der Waals surface area contributed by atoms with Gasteiger partial charge in [0.05, 0.1) is 16.8 Å². The van der Waals surface area contributed by atoms with Gasteiger partial charge < -0.3 is 19.9 Å². The predicted molar refractivity (Wildman–Crippen MR) is 103 cm³/mol. The first-order chi connectivity index (χ1) is 13.1. The smallest absolute Gasteiger partial charge is 0.209 e. The zero-order valence-electron chi connectivity index (χ0n) is 14.6. The number of H-pyrrole nitrogens is 1. The van der Waals surface area contributed by atoms with E-state index in [9.17, 15) is 14.3 Å². The molecule has 4 rings (SSSR count). The van der Waals surface area contributed by atoms with Crippen LogP contribution >= 0.6 is 0 Å². The molecular weight excluding hydrogens is 347 g/mol. The third-order valence-electron chi connectivity index (χ3n) is 4.80. The monoisotopic (exact) mass is 366 g/mol. The van der Waals surface area contributed by atoms with E-state index in [-0.39, 0.29) is 11.7 Å². The van der Waals surface area contributed by atoms with Gasteiger partial charge in [0.15, 0.2) is 5.88 Å². The lowest BCUT2D eigenvalue weighted by molar-refractivity contribution is -0.118. The third kappa shape index (κ3) is 3.48. The fourth-order valence-corrected chi connectivity index (χ4v) is 3.28. The van der Waals surface area contributed by atoms with Crippen LogP contribution in [0.15, 0.2) is 47.5 Å². The van der Waals surface area contributed by atoms with Gasteiger partial charge in [-0.05, 0) is 42.5 Å². The van der Waals surface area contributed by atoms with E-state index in [0.717, 1.165) is 44.0 Å². The highest BCUT2D eigenvalue weighted by molar-refractivity contribution is 6.02. The molecule has 1 saturated heterocycles. The first kappa shape index (κ1) is 17.1. The molecule has 0 saturated carbocycles. The number of piperazine rings is 1. The van der Waals surface area contributed by atoms with Gasteiger partial charge in [-0.2, -0.15) is 0 Å². The number of amides is 1. The van der Waals surface area contributed by atoms with Crippen LogP contribution in [0.3, 0.4) is 0 Å². The van der Waals surface area contributed by atoms with E-state index >= 15 is 0 Å². The van der Waals surface area contributed by atoms with Gasteiger partial charge >= 0.3 is 0 Å². The van der Waals surface area contributed by atoms with E-state index in [0.29, 0.717) is 16.5 Å². The molecule has 6 nitrogen and oxygen atoms in total. The summed E-state index contributed by atoms with van der Waals surface area (Å²) in [6, 6.07) is 12.1. The van der Waals surface area contributed by atoms with Crippen LogP contribution in [0.4, 0.5) is 15.8 Å². The van der Waals surface area contributed by atoms with E-state index in [1.54, 1.807) is 17.2 Å². The molecule has 2 N–H and O–H groups in total. The van der Waals surface area contributed by atoms with Crippen molar-refractivity contribution in [3.8, 4) is 5.88 Å². The lowest BCUT2D eigenvalue weighted by Crippen LogP contribution is -2.45. The Labute approximate surface area is 155 Å². The second-order valence-electron chi connectivity index (χ2n) is 6.48. The van der Waals surface area contributed by atoms with Crippen LogP contribution < -0.4 is 4.90 Å². The van der Waals surface area contributed by atoms with Crippen molar-refractivity contribution in [1.29, 1.82) is 0 Å². The minimum absolute atomic E-state index is 0.0379. The van der Waals surface area contributed by atoms with Crippen molar-refractivity contribution >= 4 is 34.9 Å². The van der Waals surface area contributed by atoms with Crippen molar-refractivity contribution in [3.63, 3.8) is 0 Å². The number of aromatic amines is 1. The summed E-state index contributed by atoms with van der Waals surface area (Å²) in [5.41, 5.74) is 2.89. The number of nitrogens with zero attached hydrogens (tertiary/aromatic N) is 3. The highest BCUT2D eigenvalue weighted by Gasteiger charge is 2.15. The van der Waals surface area contributed by atoms with Gasteiger partial charge in [-0.25, -0.2) is 4.39 Å². The summed E-state index contributed by atoms with van der Waals surface area (Å²) >= 11 is 0. The molecule has 0 atom stereocenters. The number of carbonyl (C=O) groups excluding carboxylic acids is 1. The first-order valence-corrected chi connectivity index (χ1v) is 8.72. The number of aliphatic imine (C=N–C) groups is 1. The SMILES string of the molecule is O=CN1CCN(c2ccc(N=Cc3c(O)[nH]c4cc(F)ccc34)cc2)CC1. The number of hydrogen-bond acceptors (Lipinski definition) is 4. The average molecular weight is 366 g/mol. The molecule has 0 unspecified atom stereocenters. The number of nitrogens with one attached hydrogen (secondary N) is 1. The van der Waals surface area contributed by atoms with Crippen molar-refractivity contribution in [2.24, 2.45) is 4.99 Å². The minimum Gasteiger partial charge on any atom is -0.494 e. The third-order valence-corrected chi connectivity index (χ3v) is 4.80. The van der Waals surface area contributed by atoms with Crippen molar-refractivity contribution in [2.45, 2.75) is 0 Å². The molecule has 0 radical (unpaired) electrons. The van der Waals surface area contributed by atoms with Crippen molar-refractivity contribution in [1.82, 2.24) is 9.88 Å². The Morgan fingerprint density at radius 3 is 2.52 bits per heavy atom. The summed E-state index contributed by atoms with van der Waals surface area (Å²) in [4.78, 5) is 22.0. The van der Waals surface area contributed by atoms with Crippen LogP contribution in [-0.2, 0) is 4.79 Å². The van der Waals surface area contributed by atoms with Crippen molar-refractivity contribution < 1.29 is 14.3 Å². The maximum absolute atomic E-state index is 13.3. The highest BCUT2D eigenvalue weighted by atomic mass is 19.1. The van der Waals surface area contributed by atoms with Gasteiger partial charge in [-0.1, -0.05) is 0 Å². The molecule has 7 heteroatoms. The quantitative estimate of drug-likeness (QED) is 0.551. The molecule has 2 aromatic carbocycles. The Morgan fingerprint density at radius 2 is 1.81 bits per heavy atom. The van der Waals surface area contributed by atoms with Crippen LogP contribution in [-0.4, -0.2) is 53.8 Å². The van der Waals surface area contributed by atoms with E-state index in [4.69, 9.17) is 0 Å². The average Bonchev–Trinajstić information content (AvgIpc) is 3.01. The van der Waals surface area contributed by atoms with E-state index in [1.807, 2.05) is 24.3 Å². The van der Waals surface area contributed by atoms with Crippen LogP contribution in [0, 0.1) is 5.82 Å². The van der Waals surface area contributed by atoms with Crippen LogP contribution in [0.5, 0.6) is 5.88 Å². The highest BCUT2D eigenvalue weighted by Crippen LogP contribution is 2.27. The summed E-state index contributed by atoms with van der Waals surface area (Å²) in [6.45, 7) is 3.07. The Hall–Kier alpha value is -3.35. The summed E-state index contributed by atoms with van der Waals surface area (Å²) < 4.78 is 13.3. The summed E-state index contributed by atoms with van der Waals surface area (Å²) in [5, 5.41) is 10.8. The van der Waals surface area contributed by atoms with Gasteiger partial charge in [0, 0.05) is 43.5 Å². The lowest BCUT2D eigenvalue weighted by atomic mass is 10.2. The predicted octanol–water partition coefficient (Wildman–Crippen LogP) is 3.04. The van der Waals surface area contributed by atoms with Crippen molar-refractivity contribution in [2.75, 3.05) is 31.1 Å². The second-order valence-corrected chi connectivity index (χ2v) is 6.48. The van der Waals surface area contributed by atoms with Gasteiger partial charge in [0.25, 0.3) is 0 Å². The molecule has 2 heterocycles. The fourth-order valence-electron chi connectivity index (χ4n) is 3.28. The van der Waals surface area contributed by atoms with E-state index in [1.165, 1.54) is 12.1 Å². The topological polar surface area (TPSA) is 71.9 Å². The molecule has 0 bridgehead atoms. The van der Waals surface area contributed by atoms with E-state index in [2.05, 4.69) is 14.9 Å². The zero-order valence-corrected chi connectivity index (χ0v) is 14.6. The number of hydrogen-bond donors (Lipinski definition) is 2. The molecule has 27 heavy (non-hydrogen) atoms.